The molecule has 4 N–H and O–H groups in total. The Labute approximate surface area is 288 Å². The fourth-order valence-corrected chi connectivity index (χ4v) is 6.39. The third-order valence-corrected chi connectivity index (χ3v) is 9.13. The first kappa shape index (κ1) is 33.4. The molecule has 6 aromatic rings. The fraction of sp³-hybridized carbons (Fsp3) is 0.237. The van der Waals surface area contributed by atoms with Gasteiger partial charge in [-0.1, -0.05) is 69.4 Å². The predicted molar refractivity (Wildman–Crippen MR) is 195 cm³/mol. The lowest BCUT2D eigenvalue weighted by Gasteiger charge is -2.20. The molecule has 0 atom stereocenters. The van der Waals surface area contributed by atoms with Crippen molar-refractivity contribution >= 4 is 39.8 Å². The largest absolute Gasteiger partial charge is 0.494 e. The van der Waals surface area contributed by atoms with E-state index >= 15 is 0 Å². The van der Waals surface area contributed by atoms with Gasteiger partial charge in [0.05, 0.1) is 15.9 Å². The fourth-order valence-electron chi connectivity index (χ4n) is 5.63. The smallest absolute Gasteiger partial charge is 0.323 e. The Morgan fingerprint density at radius 1 is 0.898 bits per heavy atom. The number of amides is 2. The van der Waals surface area contributed by atoms with Crippen LogP contribution in [0.25, 0.3) is 11.0 Å². The summed E-state index contributed by atoms with van der Waals surface area (Å²) >= 11 is 1.00. The standard InChI is InChI=1S/C38H39N5O5S/c1-22(2)29-7-6-8-30(23(3)4)35(29)41-37(45)39-25-11-15-27(16-12-25)48-28-17-18-31-32(20-28)43(5)34(40-31)21-47-26-13-9-24(10-14-26)19-33-36(44)42-38(46)49-33/h6-18,20,22-23,44H,19,21H2,1-5H3,(H,42,46)(H2,39,41,45). The summed E-state index contributed by atoms with van der Waals surface area (Å²) in [6.07, 6.45) is 0.455. The maximum atomic E-state index is 13.0. The number of imidazole rings is 1. The maximum absolute atomic E-state index is 13.0. The first-order valence-corrected chi connectivity index (χ1v) is 16.9. The highest BCUT2D eigenvalue weighted by Gasteiger charge is 2.16. The van der Waals surface area contributed by atoms with Crippen molar-refractivity contribution in [2.45, 2.75) is 52.6 Å². The van der Waals surface area contributed by atoms with Crippen molar-refractivity contribution in [2.24, 2.45) is 7.05 Å². The van der Waals surface area contributed by atoms with Crippen LogP contribution >= 0.6 is 11.3 Å². The van der Waals surface area contributed by atoms with Gasteiger partial charge in [0.15, 0.2) is 0 Å². The van der Waals surface area contributed by atoms with E-state index in [2.05, 4.69) is 55.4 Å². The lowest BCUT2D eigenvalue weighted by molar-refractivity contribution is 0.262. The molecule has 2 heterocycles. The van der Waals surface area contributed by atoms with Crippen molar-refractivity contribution in [3.63, 3.8) is 0 Å². The van der Waals surface area contributed by atoms with Gasteiger partial charge in [0.25, 0.3) is 0 Å². The molecule has 2 aromatic heterocycles. The van der Waals surface area contributed by atoms with Crippen LogP contribution in [0.15, 0.2) is 89.7 Å². The molecule has 10 nitrogen and oxygen atoms in total. The van der Waals surface area contributed by atoms with Crippen LogP contribution in [-0.2, 0) is 20.1 Å². The summed E-state index contributed by atoms with van der Waals surface area (Å²) in [5, 5.41) is 15.9. The highest BCUT2D eigenvalue weighted by Crippen LogP contribution is 2.33. The first-order chi connectivity index (χ1) is 23.5. The number of carbonyl (C=O) groups is 1. The summed E-state index contributed by atoms with van der Waals surface area (Å²) in [6, 6.07) is 26.4. The second-order valence-electron chi connectivity index (χ2n) is 12.5. The van der Waals surface area contributed by atoms with Crippen LogP contribution in [0.3, 0.4) is 0 Å². The monoisotopic (exact) mass is 677 g/mol. The molecule has 0 saturated carbocycles. The zero-order valence-electron chi connectivity index (χ0n) is 28.0. The number of aromatic hydroxyl groups is 1. The number of para-hydroxylation sites is 1. The molecular weight excluding hydrogens is 639 g/mol. The minimum atomic E-state index is -0.295. The normalized spacial score (nSPS) is 11.3. The Morgan fingerprint density at radius 3 is 2.18 bits per heavy atom. The number of aromatic amines is 1. The highest BCUT2D eigenvalue weighted by atomic mass is 32.1. The van der Waals surface area contributed by atoms with Gasteiger partial charge in [-0.05, 0) is 77.1 Å². The van der Waals surface area contributed by atoms with Crippen molar-refractivity contribution in [3.05, 3.63) is 122 Å². The van der Waals surface area contributed by atoms with Crippen LogP contribution in [0.2, 0.25) is 0 Å². The van der Waals surface area contributed by atoms with E-state index in [0.29, 0.717) is 34.2 Å². The topological polar surface area (TPSA) is 130 Å². The van der Waals surface area contributed by atoms with E-state index in [1.165, 1.54) is 0 Å². The molecule has 0 fully saturated rings. The maximum Gasteiger partial charge on any atom is 0.323 e. The third kappa shape index (κ3) is 7.79. The molecule has 252 valence electrons. The second-order valence-corrected chi connectivity index (χ2v) is 13.5. The molecule has 0 bridgehead atoms. The molecule has 6 rings (SSSR count). The predicted octanol–water partition coefficient (Wildman–Crippen LogP) is 8.88. The Balaban J connectivity index is 1.06. The minimum absolute atomic E-state index is 0.0816. The number of thiazole rings is 1. The quantitative estimate of drug-likeness (QED) is 0.108. The zero-order valence-corrected chi connectivity index (χ0v) is 28.9. The molecule has 49 heavy (non-hydrogen) atoms. The molecule has 0 spiro atoms. The van der Waals surface area contributed by atoms with E-state index in [4.69, 9.17) is 14.5 Å². The number of nitrogens with one attached hydrogen (secondary N) is 3. The number of hydrogen-bond acceptors (Lipinski definition) is 7. The number of aromatic nitrogens is 3. The van der Waals surface area contributed by atoms with Crippen LogP contribution in [0.5, 0.6) is 23.1 Å². The summed E-state index contributed by atoms with van der Waals surface area (Å²) in [5.41, 5.74) is 6.40. The van der Waals surface area contributed by atoms with Crippen LogP contribution in [-0.4, -0.2) is 25.7 Å². The summed E-state index contributed by atoms with van der Waals surface area (Å²) in [5.74, 6) is 3.19. The summed E-state index contributed by atoms with van der Waals surface area (Å²) in [7, 11) is 1.94. The molecule has 0 saturated heterocycles. The molecule has 0 radical (unpaired) electrons. The Bertz CT molecular complexity index is 2120. The van der Waals surface area contributed by atoms with E-state index in [1.807, 2.05) is 84.4 Å². The van der Waals surface area contributed by atoms with Crippen molar-refractivity contribution in [1.82, 2.24) is 14.5 Å². The van der Waals surface area contributed by atoms with Gasteiger partial charge in [0.1, 0.15) is 29.7 Å². The zero-order chi connectivity index (χ0) is 34.7. The lowest BCUT2D eigenvalue weighted by atomic mass is 9.93. The number of H-pyrrole nitrogens is 1. The molecule has 0 unspecified atom stereocenters. The van der Waals surface area contributed by atoms with Crippen molar-refractivity contribution < 1.29 is 19.4 Å². The average molecular weight is 678 g/mol. The molecule has 0 aliphatic heterocycles. The molecule has 2 amide bonds. The van der Waals surface area contributed by atoms with Crippen LogP contribution in [0.1, 0.15) is 66.9 Å². The van der Waals surface area contributed by atoms with Gasteiger partial charge in [0, 0.05) is 30.9 Å². The number of urea groups is 1. The molecule has 0 aliphatic carbocycles. The van der Waals surface area contributed by atoms with Gasteiger partial charge < -0.3 is 29.8 Å². The number of benzene rings is 4. The summed E-state index contributed by atoms with van der Waals surface area (Å²) in [6.45, 7) is 8.76. The molecule has 11 heteroatoms. The van der Waals surface area contributed by atoms with E-state index in [9.17, 15) is 14.7 Å². The number of rotatable bonds is 11. The molecule has 0 aliphatic rings. The van der Waals surface area contributed by atoms with Crippen molar-refractivity contribution in [2.75, 3.05) is 10.6 Å². The summed E-state index contributed by atoms with van der Waals surface area (Å²) in [4.78, 5) is 31.9. The number of aryl methyl sites for hydroxylation is 1. The van der Waals surface area contributed by atoms with E-state index in [1.54, 1.807) is 0 Å². The van der Waals surface area contributed by atoms with Gasteiger partial charge >= 0.3 is 10.9 Å². The summed E-state index contributed by atoms with van der Waals surface area (Å²) < 4.78 is 14.1. The Hall–Kier alpha value is -5.55. The van der Waals surface area contributed by atoms with Crippen molar-refractivity contribution in [1.29, 1.82) is 0 Å². The van der Waals surface area contributed by atoms with Crippen LogP contribution in [0, 0.1) is 0 Å². The molecule has 4 aromatic carbocycles. The number of ether oxygens (including phenoxy) is 2. The van der Waals surface area contributed by atoms with Crippen LogP contribution in [0.4, 0.5) is 16.2 Å². The number of carbonyl (C=O) groups excluding carboxylic acids is 1. The minimum Gasteiger partial charge on any atom is -0.494 e. The van der Waals surface area contributed by atoms with Gasteiger partial charge in [-0.25, -0.2) is 9.78 Å². The van der Waals surface area contributed by atoms with E-state index < -0.39 is 0 Å². The molecular formula is C38H39N5O5S. The Kier molecular flexibility index (Phi) is 9.72. The van der Waals surface area contributed by atoms with E-state index in [0.717, 1.165) is 50.6 Å². The van der Waals surface area contributed by atoms with Gasteiger partial charge in [0.2, 0.25) is 5.88 Å². The SMILES string of the molecule is CC(C)c1cccc(C(C)C)c1NC(=O)Nc1ccc(Oc2ccc3nc(COc4ccc(Cc5sc(=O)[nH]c5O)cc4)n(C)c3c2)cc1. The number of hydrogen-bond donors (Lipinski definition) is 4. The van der Waals surface area contributed by atoms with Gasteiger partial charge in [-0.2, -0.15) is 0 Å². The number of nitrogens with zero attached hydrogens (tertiary/aromatic N) is 2. The van der Waals surface area contributed by atoms with Gasteiger partial charge in [-0.3, -0.25) is 9.78 Å². The van der Waals surface area contributed by atoms with E-state index in [-0.39, 0.29) is 35.2 Å². The third-order valence-electron chi connectivity index (χ3n) is 8.26. The van der Waals surface area contributed by atoms with Crippen LogP contribution < -0.4 is 25.0 Å². The van der Waals surface area contributed by atoms with Crippen molar-refractivity contribution in [3.8, 4) is 23.1 Å². The number of anilines is 2. The number of fused-ring (bicyclic) bond motifs is 1. The lowest BCUT2D eigenvalue weighted by Crippen LogP contribution is -2.21. The average Bonchev–Trinajstić information content (AvgIpc) is 3.56. The second kappa shape index (κ2) is 14.3. The first-order valence-electron chi connectivity index (χ1n) is 16.1. The highest BCUT2D eigenvalue weighted by molar-refractivity contribution is 7.09. The Morgan fingerprint density at radius 2 is 1.55 bits per heavy atom. The van der Waals surface area contributed by atoms with Gasteiger partial charge in [-0.15, -0.1) is 0 Å².